The van der Waals surface area contributed by atoms with Crippen LogP contribution in [0.1, 0.15) is 5.56 Å². The van der Waals surface area contributed by atoms with Gasteiger partial charge < -0.3 is 0 Å². The van der Waals surface area contributed by atoms with E-state index in [0.29, 0.717) is 0 Å². The van der Waals surface area contributed by atoms with Gasteiger partial charge in [0.15, 0.2) is 23.3 Å². The van der Waals surface area contributed by atoms with Crippen molar-refractivity contribution in [1.82, 2.24) is 0 Å². The van der Waals surface area contributed by atoms with Crippen LogP contribution < -0.4 is 0 Å². The second kappa shape index (κ2) is 3.16. The zero-order valence-corrected chi connectivity index (χ0v) is 6.25. The number of rotatable bonds is 1. The van der Waals surface area contributed by atoms with E-state index in [1.165, 1.54) is 0 Å². The van der Waals surface area contributed by atoms with Gasteiger partial charge in [-0.3, -0.25) is 0 Å². The van der Waals surface area contributed by atoms with E-state index < -0.39 is 34.9 Å². The third-order valence-electron chi connectivity index (χ3n) is 1.42. The number of hydrogen-bond acceptors (Lipinski definition) is 0. The molecule has 1 aromatic rings. The Morgan fingerprint density at radius 2 is 1.43 bits per heavy atom. The van der Waals surface area contributed by atoms with E-state index >= 15 is 0 Å². The summed E-state index contributed by atoms with van der Waals surface area (Å²) in [5, 5.41) is 9.91. The van der Waals surface area contributed by atoms with E-state index in [0.717, 1.165) is 0 Å². The fourth-order valence-corrected chi connectivity index (χ4v) is 0.785. The Hall–Kier alpha value is -1.24. The first kappa shape index (κ1) is 10.8. The van der Waals surface area contributed by atoms with Crippen molar-refractivity contribution in [1.29, 1.82) is 0 Å². The van der Waals surface area contributed by atoms with Crippen LogP contribution in [0.25, 0.3) is 0 Å². The Balaban J connectivity index is 3.49. The molecule has 0 saturated heterocycles. The molecule has 0 aliphatic heterocycles. The van der Waals surface area contributed by atoms with E-state index in [9.17, 15) is 31.4 Å². The normalized spacial score (nSPS) is 11.9. The van der Waals surface area contributed by atoms with Gasteiger partial charge in [0.05, 0.1) is 5.56 Å². The number of alkyl halides is 2. The average Bonchev–Trinajstić information content (AvgIpc) is 2.06. The minimum atomic E-state index is -5.01. The van der Waals surface area contributed by atoms with Gasteiger partial charge >= 0.3 is 6.11 Å². The summed E-state index contributed by atoms with van der Waals surface area (Å²) in [6.07, 6.45) is -5.01. The molecule has 0 aliphatic carbocycles. The van der Waals surface area contributed by atoms with Crippen LogP contribution in [0.5, 0.6) is 0 Å². The van der Waals surface area contributed by atoms with Gasteiger partial charge in [-0.15, -0.1) is 0 Å². The van der Waals surface area contributed by atoms with Crippen molar-refractivity contribution in [3.63, 3.8) is 0 Å². The highest BCUT2D eigenvalue weighted by Gasteiger charge is 2.37. The minimum Gasteiger partial charge on any atom is -0.204 e. The average molecular weight is 215 g/mol. The van der Waals surface area contributed by atoms with E-state index in [1.54, 1.807) is 0 Å². The molecule has 0 saturated carbocycles. The molecule has 14 heavy (non-hydrogen) atoms. The number of benzene rings is 1. The monoisotopic (exact) mass is 215 g/mol. The Morgan fingerprint density at radius 3 is 1.86 bits per heavy atom. The maximum Gasteiger partial charge on any atom is 0.411 e. The highest BCUT2D eigenvalue weighted by molar-refractivity contribution is 5.24. The highest BCUT2D eigenvalue weighted by atomic mass is 19.3. The predicted molar refractivity (Wildman–Crippen MR) is 30.9 cm³/mol. The molecule has 0 heterocycles. The van der Waals surface area contributed by atoms with E-state index in [1.807, 2.05) is 0 Å². The Morgan fingerprint density at radius 1 is 0.929 bits per heavy atom. The molecule has 77 valence electrons. The van der Waals surface area contributed by atoms with Gasteiger partial charge in [0.25, 0.3) is 0 Å². The van der Waals surface area contributed by atoms with Crippen LogP contribution in [-0.4, -0.2) is 0 Å². The molecule has 0 aliphatic rings. The van der Waals surface area contributed by atoms with Gasteiger partial charge in [-0.05, 0) is 6.07 Å². The van der Waals surface area contributed by atoms with Crippen LogP contribution in [0.15, 0.2) is 6.07 Å². The lowest BCUT2D eigenvalue weighted by Gasteiger charge is -2.08. The summed E-state index contributed by atoms with van der Waals surface area (Å²) in [6, 6.07) is -0.374. The quantitative estimate of drug-likeness (QED) is 0.390. The number of hydrogen-bond donors (Lipinski definition) is 0. The third kappa shape index (κ3) is 1.67. The van der Waals surface area contributed by atoms with Crippen molar-refractivity contribution >= 4 is 0 Å². The lowest BCUT2D eigenvalue weighted by molar-refractivity contribution is -0.254. The molecule has 0 unspecified atom stereocenters. The van der Waals surface area contributed by atoms with Crippen molar-refractivity contribution in [2.45, 2.75) is 6.11 Å². The van der Waals surface area contributed by atoms with Crippen molar-refractivity contribution in [3.05, 3.63) is 34.9 Å². The van der Waals surface area contributed by atoms with Crippen molar-refractivity contribution < 1.29 is 31.4 Å². The Bertz CT molecular complexity index is 369. The van der Waals surface area contributed by atoms with Crippen LogP contribution in [-0.2, 0) is 11.2 Å². The van der Waals surface area contributed by atoms with Crippen molar-refractivity contribution in [2.24, 2.45) is 0 Å². The molecule has 0 N–H and O–H groups in total. The summed E-state index contributed by atoms with van der Waals surface area (Å²) in [5.41, 5.74) is -2.06. The van der Waals surface area contributed by atoms with Gasteiger partial charge in [0.2, 0.25) is 0 Å². The molecule has 0 spiro atoms. The maximum absolute atomic E-state index is 12.5. The molecule has 0 aromatic heterocycles. The predicted octanol–water partition coefficient (Wildman–Crippen LogP) is 2.72. The lowest BCUT2D eigenvalue weighted by Crippen LogP contribution is -2.15. The molecule has 1 radical (unpaired) electrons. The third-order valence-corrected chi connectivity index (χ3v) is 1.42. The first-order valence-corrected chi connectivity index (χ1v) is 3.17. The summed E-state index contributed by atoms with van der Waals surface area (Å²) < 4.78 is 73.2. The zero-order valence-electron chi connectivity index (χ0n) is 6.25. The van der Waals surface area contributed by atoms with Crippen LogP contribution in [0.3, 0.4) is 0 Å². The topological polar surface area (TPSA) is 19.9 Å². The van der Waals surface area contributed by atoms with Gasteiger partial charge in [-0.2, -0.15) is 13.9 Å². The summed E-state index contributed by atoms with van der Waals surface area (Å²) in [7, 11) is 0. The molecule has 0 amide bonds. The van der Waals surface area contributed by atoms with Crippen molar-refractivity contribution in [2.75, 3.05) is 0 Å². The molecule has 1 aromatic carbocycles. The summed E-state index contributed by atoms with van der Waals surface area (Å²) >= 11 is 0. The van der Waals surface area contributed by atoms with Gasteiger partial charge in [0, 0.05) is 0 Å². The molecule has 1 rings (SSSR count). The lowest BCUT2D eigenvalue weighted by atomic mass is 10.1. The molecular weight excluding hydrogens is 214 g/mol. The molecule has 1 nitrogen and oxygen atoms in total. The fourth-order valence-electron chi connectivity index (χ4n) is 0.785. The SMILES string of the molecule is [O]C(F)(F)c1cc(F)c(F)c(F)c1F. The molecule has 7 heteroatoms. The van der Waals surface area contributed by atoms with Crippen molar-refractivity contribution in [3.8, 4) is 0 Å². The molecular formula is C7HF6O. The smallest absolute Gasteiger partial charge is 0.204 e. The fraction of sp³-hybridized carbons (Fsp3) is 0.143. The second-order valence-corrected chi connectivity index (χ2v) is 2.36. The number of halogens is 6. The van der Waals surface area contributed by atoms with E-state index in [-0.39, 0.29) is 6.07 Å². The van der Waals surface area contributed by atoms with E-state index in [2.05, 4.69) is 0 Å². The Kier molecular flexibility index (Phi) is 2.45. The van der Waals surface area contributed by atoms with Crippen LogP contribution >= 0.6 is 0 Å². The zero-order chi connectivity index (χ0) is 11.1. The van der Waals surface area contributed by atoms with Gasteiger partial charge in [0.1, 0.15) is 0 Å². The summed E-state index contributed by atoms with van der Waals surface area (Å²) in [6.45, 7) is 0. The molecule has 0 atom stereocenters. The molecule has 0 bridgehead atoms. The highest BCUT2D eigenvalue weighted by Crippen LogP contribution is 2.30. The maximum atomic E-state index is 12.5. The summed E-state index contributed by atoms with van der Waals surface area (Å²) in [4.78, 5) is 0. The largest absolute Gasteiger partial charge is 0.411 e. The van der Waals surface area contributed by atoms with Crippen LogP contribution in [0.4, 0.5) is 26.3 Å². The van der Waals surface area contributed by atoms with Gasteiger partial charge in [-0.25, -0.2) is 17.6 Å². The molecule has 0 fully saturated rings. The Labute approximate surface area is 73.6 Å². The van der Waals surface area contributed by atoms with Crippen LogP contribution in [0, 0.1) is 23.3 Å². The first-order chi connectivity index (χ1) is 6.25. The first-order valence-electron chi connectivity index (χ1n) is 3.17. The standard InChI is InChI=1S/C7HF6O/c8-3-1-2(7(12,13)14)4(9)6(11)5(3)10/h1H. The second-order valence-electron chi connectivity index (χ2n) is 2.36. The summed E-state index contributed by atoms with van der Waals surface area (Å²) in [5.74, 6) is -9.11. The van der Waals surface area contributed by atoms with E-state index in [4.69, 9.17) is 0 Å². The minimum absolute atomic E-state index is 0.374. The van der Waals surface area contributed by atoms with Gasteiger partial charge in [-0.1, -0.05) is 0 Å². The van der Waals surface area contributed by atoms with Crippen LogP contribution in [0.2, 0.25) is 0 Å².